The number of nitro groups is 1. The summed E-state index contributed by atoms with van der Waals surface area (Å²) >= 11 is 3.10. The third-order valence-corrected chi connectivity index (χ3v) is 1.93. The fourth-order valence-corrected chi connectivity index (χ4v) is 1.04. The molecule has 5 heteroatoms. The number of hydrogen-bond donors (Lipinski definition) is 0. The minimum Gasteiger partial charge on any atom is -0.258 e. The first-order valence-corrected chi connectivity index (χ1v) is 3.76. The number of rotatable bonds is 1. The first-order valence-electron chi connectivity index (χ1n) is 2.96. The van der Waals surface area contributed by atoms with Crippen LogP contribution in [0.2, 0.25) is 0 Å². The van der Waals surface area contributed by atoms with E-state index in [1.807, 2.05) is 0 Å². The lowest BCUT2D eigenvalue weighted by Crippen LogP contribution is -1.86. The second kappa shape index (κ2) is 3.32. The van der Waals surface area contributed by atoms with Crippen molar-refractivity contribution in [1.29, 1.82) is 0 Å². The molecule has 0 saturated carbocycles. The molecule has 0 saturated heterocycles. The Morgan fingerprint density at radius 2 is 2.25 bits per heavy atom. The zero-order chi connectivity index (χ0) is 9.14. The van der Waals surface area contributed by atoms with Crippen molar-refractivity contribution >= 4 is 27.3 Å². The molecule has 0 N–H and O–H groups in total. The van der Waals surface area contributed by atoms with Gasteiger partial charge >= 0.3 is 0 Å². The highest BCUT2D eigenvalue weighted by molar-refractivity contribution is 9.10. The Morgan fingerprint density at radius 1 is 1.58 bits per heavy atom. The van der Waals surface area contributed by atoms with Crippen molar-refractivity contribution in [3.8, 4) is 0 Å². The molecule has 0 fully saturated rings. The Kier molecular flexibility index (Phi) is 2.41. The minimum absolute atomic E-state index is 0.0656. The van der Waals surface area contributed by atoms with Gasteiger partial charge in [0, 0.05) is 16.6 Å². The van der Waals surface area contributed by atoms with E-state index < -0.39 is 4.92 Å². The van der Waals surface area contributed by atoms with Gasteiger partial charge in [0.1, 0.15) is 0 Å². The number of hydrogen-bond acceptors (Lipinski definition) is 2. The maximum Gasteiger partial charge on any atom is 0.259 e. The second-order valence-corrected chi connectivity index (χ2v) is 2.86. The Hall–Kier alpha value is -1.41. The average molecular weight is 227 g/mol. The fourth-order valence-electron chi connectivity index (χ4n) is 0.700. The van der Waals surface area contributed by atoms with E-state index in [-0.39, 0.29) is 11.4 Å². The summed E-state index contributed by atoms with van der Waals surface area (Å²) in [6, 6.07) is 4.07. The van der Waals surface area contributed by atoms with Crippen molar-refractivity contribution in [2.24, 2.45) is 0 Å². The van der Waals surface area contributed by atoms with Crippen LogP contribution in [0.15, 0.2) is 22.7 Å². The molecule has 12 heavy (non-hydrogen) atoms. The van der Waals surface area contributed by atoms with E-state index in [2.05, 4.69) is 20.8 Å². The Bertz CT molecular complexity index is 370. The third-order valence-electron chi connectivity index (χ3n) is 1.26. The maximum atomic E-state index is 10.3. The molecule has 0 aliphatic heterocycles. The van der Waals surface area contributed by atoms with Crippen LogP contribution in [0, 0.1) is 16.7 Å². The standard InChI is InChI=1S/C7H3BrN2O2/c1-9-7-4-5(10(11)12)2-3-6(7)8/h2-4H. The number of nitro benzene ring substituents is 1. The van der Waals surface area contributed by atoms with Gasteiger partial charge in [-0.15, -0.1) is 0 Å². The summed E-state index contributed by atoms with van der Waals surface area (Å²) in [5, 5.41) is 10.3. The van der Waals surface area contributed by atoms with Crippen LogP contribution >= 0.6 is 15.9 Å². The monoisotopic (exact) mass is 226 g/mol. The number of halogens is 1. The molecule has 0 aliphatic rings. The van der Waals surface area contributed by atoms with E-state index in [0.717, 1.165) is 0 Å². The summed E-state index contributed by atoms with van der Waals surface area (Å²) in [4.78, 5) is 12.9. The molecule has 0 bridgehead atoms. The smallest absolute Gasteiger partial charge is 0.258 e. The molecule has 0 spiro atoms. The average Bonchev–Trinajstić information content (AvgIpc) is 2.05. The van der Waals surface area contributed by atoms with Crippen molar-refractivity contribution in [1.82, 2.24) is 0 Å². The summed E-state index contributed by atoms with van der Waals surface area (Å²) < 4.78 is 0.572. The molecule has 0 atom stereocenters. The first-order chi connectivity index (χ1) is 5.65. The van der Waals surface area contributed by atoms with E-state index in [9.17, 15) is 10.1 Å². The van der Waals surface area contributed by atoms with Crippen LogP contribution in [-0.4, -0.2) is 4.92 Å². The molecule has 1 aromatic carbocycles. The first kappa shape index (κ1) is 8.68. The largest absolute Gasteiger partial charge is 0.259 e. The molecule has 0 amide bonds. The van der Waals surface area contributed by atoms with Gasteiger partial charge in [-0.25, -0.2) is 4.85 Å². The zero-order valence-electron chi connectivity index (χ0n) is 5.82. The topological polar surface area (TPSA) is 47.5 Å². The van der Waals surface area contributed by atoms with Crippen LogP contribution in [0.25, 0.3) is 4.85 Å². The summed E-state index contributed by atoms with van der Waals surface area (Å²) in [6.45, 7) is 6.69. The molecule has 0 heterocycles. The molecule has 60 valence electrons. The Labute approximate surface area is 76.9 Å². The molecule has 0 aromatic heterocycles. The van der Waals surface area contributed by atoms with Gasteiger partial charge in [0.2, 0.25) is 5.69 Å². The molecular formula is C7H3BrN2O2. The van der Waals surface area contributed by atoms with Crippen LogP contribution in [0.4, 0.5) is 11.4 Å². The highest BCUT2D eigenvalue weighted by Gasteiger charge is 2.08. The lowest BCUT2D eigenvalue weighted by Gasteiger charge is -1.93. The van der Waals surface area contributed by atoms with Crippen LogP contribution in [0.3, 0.4) is 0 Å². The van der Waals surface area contributed by atoms with Crippen molar-refractivity contribution in [2.75, 3.05) is 0 Å². The van der Waals surface area contributed by atoms with E-state index >= 15 is 0 Å². The predicted octanol–water partition coefficient (Wildman–Crippen LogP) is 2.91. The predicted molar refractivity (Wildman–Crippen MR) is 47.1 cm³/mol. The molecule has 1 rings (SSSR count). The van der Waals surface area contributed by atoms with Crippen molar-refractivity contribution in [3.05, 3.63) is 44.2 Å². The van der Waals surface area contributed by atoms with E-state index in [4.69, 9.17) is 6.57 Å². The van der Waals surface area contributed by atoms with Crippen LogP contribution < -0.4 is 0 Å². The lowest BCUT2D eigenvalue weighted by atomic mass is 10.3. The summed E-state index contributed by atoms with van der Waals surface area (Å²) in [7, 11) is 0. The van der Waals surface area contributed by atoms with Gasteiger partial charge < -0.3 is 0 Å². The van der Waals surface area contributed by atoms with Crippen molar-refractivity contribution in [2.45, 2.75) is 0 Å². The second-order valence-electron chi connectivity index (χ2n) is 2.00. The molecule has 0 unspecified atom stereocenters. The van der Waals surface area contributed by atoms with Gasteiger partial charge in [0.05, 0.1) is 11.5 Å². The lowest BCUT2D eigenvalue weighted by molar-refractivity contribution is -0.384. The van der Waals surface area contributed by atoms with Gasteiger partial charge in [0.25, 0.3) is 5.69 Å². The van der Waals surface area contributed by atoms with Gasteiger partial charge in [-0.3, -0.25) is 10.1 Å². The van der Waals surface area contributed by atoms with E-state index in [1.165, 1.54) is 18.2 Å². The van der Waals surface area contributed by atoms with Crippen molar-refractivity contribution in [3.63, 3.8) is 0 Å². The highest BCUT2D eigenvalue weighted by Crippen LogP contribution is 2.29. The normalized spacial score (nSPS) is 9.00. The highest BCUT2D eigenvalue weighted by atomic mass is 79.9. The van der Waals surface area contributed by atoms with Gasteiger partial charge in [-0.05, 0) is 0 Å². The molecule has 0 radical (unpaired) electrons. The maximum absolute atomic E-state index is 10.3. The van der Waals surface area contributed by atoms with Gasteiger partial charge in [-0.2, -0.15) is 0 Å². The molecule has 0 aliphatic carbocycles. The summed E-state index contributed by atoms with van der Waals surface area (Å²) in [6.07, 6.45) is 0. The quantitative estimate of drug-likeness (QED) is 0.420. The van der Waals surface area contributed by atoms with Crippen LogP contribution in [0.1, 0.15) is 0 Å². The molecular weight excluding hydrogens is 224 g/mol. The number of benzene rings is 1. The number of non-ortho nitro benzene ring substituents is 1. The minimum atomic E-state index is -0.527. The van der Waals surface area contributed by atoms with Gasteiger partial charge in [-0.1, -0.05) is 22.0 Å². The Balaban J connectivity index is 3.25. The molecule has 1 aromatic rings. The van der Waals surface area contributed by atoms with Crippen molar-refractivity contribution < 1.29 is 4.92 Å². The summed E-state index contributed by atoms with van der Waals surface area (Å²) in [5.74, 6) is 0. The number of nitrogens with zero attached hydrogens (tertiary/aromatic N) is 2. The fraction of sp³-hybridized carbons (Fsp3) is 0. The third kappa shape index (κ3) is 1.60. The van der Waals surface area contributed by atoms with E-state index in [1.54, 1.807) is 0 Å². The van der Waals surface area contributed by atoms with Gasteiger partial charge in [0.15, 0.2) is 0 Å². The zero-order valence-corrected chi connectivity index (χ0v) is 7.41. The Morgan fingerprint density at radius 3 is 2.75 bits per heavy atom. The van der Waals surface area contributed by atoms with Crippen LogP contribution in [-0.2, 0) is 0 Å². The van der Waals surface area contributed by atoms with E-state index in [0.29, 0.717) is 4.47 Å². The molecule has 4 nitrogen and oxygen atoms in total. The summed E-state index contributed by atoms with van der Waals surface area (Å²) in [5.41, 5.74) is 0.188. The van der Waals surface area contributed by atoms with Crippen LogP contribution in [0.5, 0.6) is 0 Å². The SMILES string of the molecule is [C-]#[N+]c1cc([N+](=O)[O-])ccc1Br.